The van der Waals surface area contributed by atoms with Gasteiger partial charge in [-0.2, -0.15) is 0 Å². The molecule has 3 rings (SSSR count). The molecule has 166 valence electrons. The quantitative estimate of drug-likeness (QED) is 0.217. The van der Waals surface area contributed by atoms with Crippen molar-refractivity contribution in [3.8, 4) is 11.5 Å². The lowest BCUT2D eigenvalue weighted by atomic mass is 10.0. The predicted molar refractivity (Wildman–Crippen MR) is 129 cm³/mol. The van der Waals surface area contributed by atoms with Crippen LogP contribution in [0.5, 0.6) is 11.5 Å². The lowest BCUT2D eigenvalue weighted by Gasteiger charge is -2.24. The third-order valence-electron chi connectivity index (χ3n) is 4.97. The van der Waals surface area contributed by atoms with Crippen LogP contribution < -0.4 is 9.47 Å². The molecule has 1 aliphatic rings. The molecular weight excluding hydrogens is 456 g/mol. The molecule has 0 aromatic heterocycles. The van der Waals surface area contributed by atoms with Gasteiger partial charge in [-0.05, 0) is 90.0 Å². The fourth-order valence-corrected chi connectivity index (χ4v) is 3.65. The second-order valence-electron chi connectivity index (χ2n) is 7.84. The van der Waals surface area contributed by atoms with Gasteiger partial charge >= 0.3 is 0 Å². The molecule has 0 N–H and O–H groups in total. The molecule has 1 atom stereocenters. The summed E-state index contributed by atoms with van der Waals surface area (Å²) in [5, 5.41) is 0. The van der Waals surface area contributed by atoms with E-state index in [1.165, 1.54) is 5.57 Å². The van der Waals surface area contributed by atoms with E-state index in [1.54, 1.807) is 7.11 Å². The number of benzene rings is 2. The second-order valence-corrected chi connectivity index (χ2v) is 8.70. The molecule has 1 saturated heterocycles. The van der Waals surface area contributed by atoms with E-state index in [-0.39, 0.29) is 13.1 Å². The third kappa shape index (κ3) is 7.53. The Labute approximate surface area is 194 Å². The van der Waals surface area contributed by atoms with Crippen molar-refractivity contribution in [1.82, 2.24) is 0 Å². The van der Waals surface area contributed by atoms with E-state index in [0.29, 0.717) is 0 Å². The first-order valence-electron chi connectivity index (χ1n) is 10.7. The molecule has 2 aromatic carbocycles. The summed E-state index contributed by atoms with van der Waals surface area (Å²) in [6.45, 7) is 5.22. The first kappa shape index (κ1) is 23.6. The number of hydrogen-bond acceptors (Lipinski definition) is 4. The number of methoxy groups -OCH3 is 1. The van der Waals surface area contributed by atoms with Crippen molar-refractivity contribution in [2.75, 3.05) is 20.5 Å². The molecule has 0 spiro atoms. The van der Waals surface area contributed by atoms with Crippen LogP contribution in [0.4, 0.5) is 0 Å². The van der Waals surface area contributed by atoms with Gasteiger partial charge in [-0.3, -0.25) is 0 Å². The molecule has 1 heterocycles. The molecule has 1 unspecified atom stereocenters. The van der Waals surface area contributed by atoms with E-state index >= 15 is 0 Å². The maximum atomic E-state index is 6.19. The lowest BCUT2D eigenvalue weighted by molar-refractivity contribution is -0.106. The summed E-state index contributed by atoms with van der Waals surface area (Å²) in [6, 6.07) is 12.3. The molecule has 0 bridgehead atoms. The smallest absolute Gasteiger partial charge is 0.199 e. The van der Waals surface area contributed by atoms with Crippen molar-refractivity contribution < 1.29 is 18.9 Å². The molecule has 5 heteroatoms. The predicted octanol–water partition coefficient (Wildman–Crippen LogP) is 7.02. The summed E-state index contributed by atoms with van der Waals surface area (Å²) < 4.78 is 23.5. The van der Waals surface area contributed by atoms with Gasteiger partial charge in [0.15, 0.2) is 13.1 Å². The van der Waals surface area contributed by atoms with Gasteiger partial charge < -0.3 is 18.9 Å². The fraction of sp³-hybridized carbons (Fsp3) is 0.385. The Morgan fingerprint density at radius 1 is 1.06 bits per heavy atom. The molecule has 1 aliphatic heterocycles. The Kier molecular flexibility index (Phi) is 9.19. The van der Waals surface area contributed by atoms with Crippen LogP contribution >= 0.6 is 15.9 Å². The van der Waals surface area contributed by atoms with E-state index in [1.807, 2.05) is 18.2 Å². The van der Waals surface area contributed by atoms with Gasteiger partial charge in [-0.1, -0.05) is 35.9 Å². The summed E-state index contributed by atoms with van der Waals surface area (Å²) >= 11 is 3.51. The van der Waals surface area contributed by atoms with E-state index in [9.17, 15) is 0 Å². The van der Waals surface area contributed by atoms with Crippen molar-refractivity contribution in [2.45, 2.75) is 45.8 Å². The Balaban J connectivity index is 1.79. The van der Waals surface area contributed by atoms with Gasteiger partial charge in [0.05, 0.1) is 11.1 Å². The van der Waals surface area contributed by atoms with Crippen molar-refractivity contribution >= 4 is 28.1 Å². The fourth-order valence-electron chi connectivity index (χ4n) is 3.29. The average Bonchev–Trinajstić information content (AvgIpc) is 2.78. The highest BCUT2D eigenvalue weighted by molar-refractivity contribution is 9.10. The molecular formula is C26H31BrO4. The van der Waals surface area contributed by atoms with Crippen molar-refractivity contribution in [1.29, 1.82) is 0 Å². The van der Waals surface area contributed by atoms with Crippen molar-refractivity contribution in [2.24, 2.45) is 0 Å². The standard InChI is InChI=1S/C26H31BrO4/c1-19(2)7-12-22-16-20(11-14-24(22)31-26-6-4-5-15-29-26)8-9-21-10-13-23(27)25(17-21)30-18-28-3/h7-11,13-14,16-17,26H,4-6,12,15,18H2,1-3H3. The van der Waals surface area contributed by atoms with E-state index in [0.717, 1.165) is 65.0 Å². The molecule has 0 radical (unpaired) electrons. The first-order chi connectivity index (χ1) is 15.0. The summed E-state index contributed by atoms with van der Waals surface area (Å²) in [6.07, 6.45) is 10.3. The van der Waals surface area contributed by atoms with Crippen molar-refractivity contribution in [3.63, 3.8) is 0 Å². The minimum atomic E-state index is -0.145. The Morgan fingerprint density at radius 2 is 1.84 bits per heavy atom. The van der Waals surface area contributed by atoms with Gasteiger partial charge in [0, 0.05) is 13.5 Å². The van der Waals surface area contributed by atoms with Gasteiger partial charge in [0.1, 0.15) is 11.5 Å². The first-order valence-corrected chi connectivity index (χ1v) is 11.5. The molecule has 1 fully saturated rings. The molecule has 0 amide bonds. The monoisotopic (exact) mass is 486 g/mol. The van der Waals surface area contributed by atoms with Crippen LogP contribution in [0.25, 0.3) is 12.2 Å². The maximum absolute atomic E-state index is 6.19. The number of allylic oxidation sites excluding steroid dienone is 2. The van der Waals surface area contributed by atoms with Crippen LogP contribution in [0, 0.1) is 0 Å². The van der Waals surface area contributed by atoms with Crippen LogP contribution in [0.3, 0.4) is 0 Å². The lowest BCUT2D eigenvalue weighted by Crippen LogP contribution is -2.25. The largest absolute Gasteiger partial charge is 0.466 e. The van der Waals surface area contributed by atoms with E-state index in [2.05, 4.69) is 66.2 Å². The highest BCUT2D eigenvalue weighted by Gasteiger charge is 2.16. The summed E-state index contributed by atoms with van der Waals surface area (Å²) in [5.41, 5.74) is 4.63. The number of halogens is 1. The van der Waals surface area contributed by atoms with E-state index < -0.39 is 0 Å². The Hall–Kier alpha value is -2.08. The molecule has 31 heavy (non-hydrogen) atoms. The topological polar surface area (TPSA) is 36.9 Å². The average molecular weight is 487 g/mol. The Bertz CT molecular complexity index is 910. The van der Waals surface area contributed by atoms with Gasteiger partial charge in [-0.15, -0.1) is 0 Å². The zero-order chi connectivity index (χ0) is 22.1. The van der Waals surface area contributed by atoms with Crippen LogP contribution in [0.1, 0.15) is 49.8 Å². The normalized spacial score (nSPS) is 16.3. The van der Waals surface area contributed by atoms with E-state index in [4.69, 9.17) is 18.9 Å². The van der Waals surface area contributed by atoms with Gasteiger partial charge in [0.2, 0.25) is 0 Å². The number of ether oxygens (including phenoxy) is 4. The number of rotatable bonds is 9. The van der Waals surface area contributed by atoms with Crippen LogP contribution in [0.15, 0.2) is 52.5 Å². The van der Waals surface area contributed by atoms with Crippen LogP contribution in [0.2, 0.25) is 0 Å². The highest BCUT2D eigenvalue weighted by Crippen LogP contribution is 2.28. The van der Waals surface area contributed by atoms with Gasteiger partial charge in [-0.25, -0.2) is 0 Å². The zero-order valence-corrected chi connectivity index (χ0v) is 20.1. The molecule has 0 saturated carbocycles. The highest BCUT2D eigenvalue weighted by atomic mass is 79.9. The summed E-state index contributed by atoms with van der Waals surface area (Å²) in [5.74, 6) is 1.66. The summed E-state index contributed by atoms with van der Waals surface area (Å²) in [4.78, 5) is 0. The zero-order valence-electron chi connectivity index (χ0n) is 18.5. The van der Waals surface area contributed by atoms with Crippen LogP contribution in [-0.2, 0) is 15.9 Å². The molecule has 4 nitrogen and oxygen atoms in total. The maximum Gasteiger partial charge on any atom is 0.199 e. The Morgan fingerprint density at radius 3 is 2.55 bits per heavy atom. The summed E-state index contributed by atoms with van der Waals surface area (Å²) in [7, 11) is 1.61. The second kappa shape index (κ2) is 12.1. The molecule has 2 aromatic rings. The number of hydrogen-bond donors (Lipinski definition) is 0. The molecule has 0 aliphatic carbocycles. The van der Waals surface area contributed by atoms with Crippen LogP contribution in [-0.4, -0.2) is 26.8 Å². The minimum absolute atomic E-state index is 0.145. The third-order valence-corrected chi connectivity index (χ3v) is 5.62. The van der Waals surface area contributed by atoms with Crippen molar-refractivity contribution in [3.05, 3.63) is 69.2 Å². The SMILES string of the molecule is COCOc1cc(C=Cc2ccc(OC3CCCCO3)c(CC=C(C)C)c2)ccc1Br. The van der Waals surface area contributed by atoms with Gasteiger partial charge in [0.25, 0.3) is 0 Å². The minimum Gasteiger partial charge on any atom is -0.466 e.